The Hall–Kier alpha value is -0.850. The lowest BCUT2D eigenvalue weighted by Gasteiger charge is -2.32. The SMILES string of the molecule is CN=C1N(C)CCN1CCOC(C)(C)COC(C)(C)CCO. The molecule has 0 amide bonds. The van der Waals surface area contributed by atoms with E-state index in [9.17, 15) is 0 Å². The second-order valence-electron chi connectivity index (χ2n) is 7.06. The average molecular weight is 315 g/mol. The van der Waals surface area contributed by atoms with E-state index in [-0.39, 0.29) is 17.8 Å². The molecule has 0 saturated carbocycles. The molecule has 130 valence electrons. The van der Waals surface area contributed by atoms with Gasteiger partial charge in [-0.3, -0.25) is 4.99 Å². The molecule has 0 unspecified atom stereocenters. The zero-order chi connectivity index (χ0) is 16.8. The molecular formula is C16H33N3O3. The van der Waals surface area contributed by atoms with E-state index in [1.54, 1.807) is 0 Å². The molecule has 6 nitrogen and oxygen atoms in total. The van der Waals surface area contributed by atoms with Crippen LogP contribution >= 0.6 is 0 Å². The fraction of sp³-hybridized carbons (Fsp3) is 0.938. The molecule has 0 aromatic heterocycles. The summed E-state index contributed by atoms with van der Waals surface area (Å²) in [6.45, 7) is 12.2. The van der Waals surface area contributed by atoms with E-state index in [2.05, 4.69) is 21.8 Å². The minimum absolute atomic E-state index is 0.135. The average Bonchev–Trinajstić information content (AvgIpc) is 2.77. The highest BCUT2D eigenvalue weighted by Gasteiger charge is 2.27. The van der Waals surface area contributed by atoms with Crippen LogP contribution < -0.4 is 0 Å². The second kappa shape index (κ2) is 8.13. The Kier molecular flexibility index (Phi) is 7.09. The smallest absolute Gasteiger partial charge is 0.196 e. The highest BCUT2D eigenvalue weighted by molar-refractivity contribution is 5.81. The van der Waals surface area contributed by atoms with Crippen LogP contribution in [0, 0.1) is 0 Å². The zero-order valence-corrected chi connectivity index (χ0v) is 15.1. The number of aliphatic imine (C=N–C) groups is 1. The summed E-state index contributed by atoms with van der Waals surface area (Å²) in [6, 6.07) is 0. The molecule has 6 heteroatoms. The van der Waals surface area contributed by atoms with Crippen molar-refractivity contribution in [2.45, 2.75) is 45.3 Å². The van der Waals surface area contributed by atoms with Crippen molar-refractivity contribution in [3.05, 3.63) is 0 Å². The Balaban J connectivity index is 2.34. The van der Waals surface area contributed by atoms with Crippen molar-refractivity contribution < 1.29 is 14.6 Å². The maximum atomic E-state index is 9.03. The number of hydrogen-bond donors (Lipinski definition) is 1. The van der Waals surface area contributed by atoms with Crippen LogP contribution in [0.25, 0.3) is 0 Å². The summed E-state index contributed by atoms with van der Waals surface area (Å²) in [7, 11) is 3.89. The molecular weight excluding hydrogens is 282 g/mol. The molecule has 0 spiro atoms. The normalized spacial score (nSPS) is 18.6. The van der Waals surface area contributed by atoms with Gasteiger partial charge in [-0.1, -0.05) is 0 Å². The number of ether oxygens (including phenoxy) is 2. The van der Waals surface area contributed by atoms with Crippen LogP contribution in [-0.4, -0.2) is 85.6 Å². The molecule has 22 heavy (non-hydrogen) atoms. The molecule has 0 radical (unpaired) electrons. The van der Waals surface area contributed by atoms with E-state index in [1.807, 2.05) is 34.7 Å². The van der Waals surface area contributed by atoms with Crippen molar-refractivity contribution in [3.8, 4) is 0 Å². The van der Waals surface area contributed by atoms with Gasteiger partial charge in [0, 0.05) is 40.3 Å². The molecule has 0 bridgehead atoms. The van der Waals surface area contributed by atoms with Crippen LogP contribution in [0.5, 0.6) is 0 Å². The number of guanidine groups is 1. The van der Waals surface area contributed by atoms with E-state index in [1.165, 1.54) is 0 Å². The Morgan fingerprint density at radius 3 is 2.41 bits per heavy atom. The predicted molar refractivity (Wildman–Crippen MR) is 89.3 cm³/mol. The van der Waals surface area contributed by atoms with Crippen molar-refractivity contribution in [1.29, 1.82) is 0 Å². The number of aliphatic hydroxyl groups is 1. The van der Waals surface area contributed by atoms with Crippen LogP contribution in [0.3, 0.4) is 0 Å². The van der Waals surface area contributed by atoms with Crippen molar-refractivity contribution in [2.75, 3.05) is 53.6 Å². The van der Waals surface area contributed by atoms with Gasteiger partial charge in [0.25, 0.3) is 0 Å². The number of hydrogen-bond acceptors (Lipinski definition) is 4. The third-order valence-corrected chi connectivity index (χ3v) is 3.91. The summed E-state index contributed by atoms with van der Waals surface area (Å²) in [5.41, 5.74) is -0.670. The van der Waals surface area contributed by atoms with Crippen LogP contribution in [0.15, 0.2) is 4.99 Å². The molecule has 0 atom stereocenters. The van der Waals surface area contributed by atoms with Crippen molar-refractivity contribution >= 4 is 5.96 Å². The van der Waals surface area contributed by atoms with Gasteiger partial charge in [-0.15, -0.1) is 0 Å². The molecule has 1 heterocycles. The third-order valence-electron chi connectivity index (χ3n) is 3.91. The van der Waals surface area contributed by atoms with Crippen molar-refractivity contribution in [3.63, 3.8) is 0 Å². The first-order valence-electron chi connectivity index (χ1n) is 8.02. The molecule has 1 aliphatic heterocycles. The van der Waals surface area contributed by atoms with Gasteiger partial charge in [-0.05, 0) is 34.1 Å². The van der Waals surface area contributed by atoms with Crippen LogP contribution in [-0.2, 0) is 9.47 Å². The Labute approximate surface area is 135 Å². The first kappa shape index (κ1) is 19.2. The number of rotatable bonds is 9. The Morgan fingerprint density at radius 1 is 1.14 bits per heavy atom. The maximum absolute atomic E-state index is 9.03. The van der Waals surface area contributed by atoms with E-state index in [4.69, 9.17) is 14.6 Å². The highest BCUT2D eigenvalue weighted by Crippen LogP contribution is 2.19. The number of nitrogens with zero attached hydrogens (tertiary/aromatic N) is 3. The zero-order valence-electron chi connectivity index (χ0n) is 15.1. The standard InChI is InChI=1S/C16H33N3O3/c1-15(2,7-11-20)22-13-16(3,4)21-12-10-19-9-8-18(6)14(19)17-5/h20H,7-13H2,1-6H3. The molecule has 0 aromatic rings. The fourth-order valence-electron chi connectivity index (χ4n) is 2.42. The van der Waals surface area contributed by atoms with Gasteiger partial charge >= 0.3 is 0 Å². The third kappa shape index (κ3) is 6.10. The molecule has 1 rings (SSSR count). The number of likely N-dealkylation sites (N-methyl/N-ethyl adjacent to an activating group) is 1. The lowest BCUT2D eigenvalue weighted by molar-refractivity contribution is -0.125. The van der Waals surface area contributed by atoms with Gasteiger partial charge < -0.3 is 24.4 Å². The van der Waals surface area contributed by atoms with Gasteiger partial charge in [0.15, 0.2) is 5.96 Å². The van der Waals surface area contributed by atoms with Crippen LogP contribution in [0.1, 0.15) is 34.1 Å². The molecule has 0 aromatic carbocycles. The first-order chi connectivity index (χ1) is 10.2. The minimum atomic E-state index is -0.345. The largest absolute Gasteiger partial charge is 0.396 e. The summed E-state index contributed by atoms with van der Waals surface area (Å²) in [4.78, 5) is 8.72. The lowest BCUT2D eigenvalue weighted by atomic mass is 10.1. The maximum Gasteiger partial charge on any atom is 0.196 e. The fourth-order valence-corrected chi connectivity index (χ4v) is 2.42. The highest BCUT2D eigenvalue weighted by atomic mass is 16.6. The minimum Gasteiger partial charge on any atom is -0.396 e. The first-order valence-corrected chi connectivity index (χ1v) is 8.02. The van der Waals surface area contributed by atoms with Crippen LogP contribution in [0.4, 0.5) is 0 Å². The molecule has 1 aliphatic rings. The predicted octanol–water partition coefficient (Wildman–Crippen LogP) is 1.19. The van der Waals surface area contributed by atoms with E-state index in [0.717, 1.165) is 25.6 Å². The summed E-state index contributed by atoms with van der Waals surface area (Å²) in [5, 5.41) is 9.03. The quantitative estimate of drug-likeness (QED) is 0.693. The topological polar surface area (TPSA) is 57.5 Å². The molecule has 1 N–H and O–H groups in total. The van der Waals surface area contributed by atoms with Gasteiger partial charge in [-0.25, -0.2) is 0 Å². The van der Waals surface area contributed by atoms with Crippen LogP contribution in [0.2, 0.25) is 0 Å². The molecule has 1 fully saturated rings. The summed E-state index contributed by atoms with van der Waals surface area (Å²) in [6.07, 6.45) is 0.625. The monoisotopic (exact) mass is 315 g/mol. The van der Waals surface area contributed by atoms with Gasteiger partial charge in [0.1, 0.15) is 0 Å². The van der Waals surface area contributed by atoms with Gasteiger partial charge in [0.05, 0.1) is 24.4 Å². The Bertz CT molecular complexity index is 370. The summed E-state index contributed by atoms with van der Waals surface area (Å²) < 4.78 is 11.9. The van der Waals surface area contributed by atoms with Crippen molar-refractivity contribution in [2.24, 2.45) is 4.99 Å². The van der Waals surface area contributed by atoms with Crippen molar-refractivity contribution in [1.82, 2.24) is 9.80 Å². The van der Waals surface area contributed by atoms with E-state index >= 15 is 0 Å². The van der Waals surface area contributed by atoms with Gasteiger partial charge in [0.2, 0.25) is 0 Å². The summed E-state index contributed by atoms with van der Waals surface area (Å²) >= 11 is 0. The van der Waals surface area contributed by atoms with E-state index < -0.39 is 0 Å². The second-order valence-corrected chi connectivity index (χ2v) is 7.06. The summed E-state index contributed by atoms with van der Waals surface area (Å²) in [5.74, 6) is 1.03. The number of aliphatic hydroxyl groups excluding tert-OH is 1. The Morgan fingerprint density at radius 2 is 1.82 bits per heavy atom. The molecule has 0 aliphatic carbocycles. The van der Waals surface area contributed by atoms with E-state index in [0.29, 0.717) is 19.6 Å². The molecule has 1 saturated heterocycles. The lowest BCUT2D eigenvalue weighted by Crippen LogP contribution is -2.40. The van der Waals surface area contributed by atoms with Gasteiger partial charge in [-0.2, -0.15) is 0 Å².